The number of benzene rings is 2. The van der Waals surface area contributed by atoms with Crippen LogP contribution in [0.4, 0.5) is 11.4 Å². The molecule has 1 unspecified atom stereocenters. The zero-order valence-corrected chi connectivity index (χ0v) is 17.1. The molecule has 3 N–H and O–H groups in total. The lowest BCUT2D eigenvalue weighted by molar-refractivity contribution is -0.117. The maximum absolute atomic E-state index is 12.3. The number of rotatable bonds is 8. The molecule has 0 aliphatic carbocycles. The van der Waals surface area contributed by atoms with Gasteiger partial charge in [0, 0.05) is 11.4 Å². The summed E-state index contributed by atoms with van der Waals surface area (Å²) in [6, 6.07) is 12.0. The summed E-state index contributed by atoms with van der Waals surface area (Å²) < 4.78 is 26.0. The Bertz CT molecular complexity index is 946. The molecule has 0 saturated carbocycles. The number of sulfonamides is 1. The normalized spacial score (nSPS) is 12.1. The maximum atomic E-state index is 12.3. The van der Waals surface area contributed by atoms with E-state index in [-0.39, 0.29) is 11.3 Å². The number of anilines is 2. The quantitative estimate of drug-likeness (QED) is 0.606. The van der Waals surface area contributed by atoms with Crippen LogP contribution in [0, 0.1) is 0 Å². The average Bonchev–Trinajstić information content (AvgIpc) is 2.63. The van der Waals surface area contributed by atoms with E-state index in [9.17, 15) is 18.0 Å². The van der Waals surface area contributed by atoms with Gasteiger partial charge in [0.1, 0.15) is 6.04 Å². The van der Waals surface area contributed by atoms with Gasteiger partial charge in [-0.15, -0.1) is 0 Å². The molecule has 0 bridgehead atoms. The van der Waals surface area contributed by atoms with E-state index in [1.54, 1.807) is 62.4 Å². The number of nitrogens with one attached hydrogen (secondary N) is 3. The molecule has 0 heterocycles. The van der Waals surface area contributed by atoms with Crippen molar-refractivity contribution in [3.63, 3.8) is 0 Å². The smallest absolute Gasteiger partial charge is 0.253 e. The Morgan fingerprint density at radius 2 is 1.64 bits per heavy atom. The zero-order valence-electron chi connectivity index (χ0n) is 15.5. The Morgan fingerprint density at radius 3 is 2.25 bits per heavy atom. The molecule has 0 aliphatic rings. The summed E-state index contributed by atoms with van der Waals surface area (Å²) in [5.74, 6) is -0.831. The van der Waals surface area contributed by atoms with Crippen LogP contribution in [0.25, 0.3) is 0 Å². The third-order valence-corrected chi connectivity index (χ3v) is 5.58. The molecule has 28 heavy (non-hydrogen) atoms. The van der Waals surface area contributed by atoms with Gasteiger partial charge in [-0.25, -0.2) is 8.42 Å². The van der Waals surface area contributed by atoms with Crippen molar-refractivity contribution in [1.82, 2.24) is 5.32 Å². The van der Waals surface area contributed by atoms with Crippen molar-refractivity contribution in [2.45, 2.75) is 26.3 Å². The first-order chi connectivity index (χ1) is 13.2. The summed E-state index contributed by atoms with van der Waals surface area (Å²) in [4.78, 5) is 24.5. The minimum absolute atomic E-state index is 0.0358. The molecule has 2 amide bonds. The fourth-order valence-corrected chi connectivity index (χ4v) is 3.71. The summed E-state index contributed by atoms with van der Waals surface area (Å²) in [6.45, 7) is 3.33. The monoisotopic (exact) mass is 423 g/mol. The molecule has 0 aliphatic heterocycles. The standard InChI is InChI=1S/C19H22ClN3O4S/c1-3-12-28(26,27)23-15-10-8-14(9-11-15)22-18(24)13(2)21-19(25)16-6-4-5-7-17(16)20/h4-11,13,23H,3,12H2,1-2H3,(H,21,25)(H,22,24). The van der Waals surface area contributed by atoms with Gasteiger partial charge >= 0.3 is 0 Å². The van der Waals surface area contributed by atoms with Gasteiger partial charge in [0.25, 0.3) is 5.91 Å². The molecule has 7 nitrogen and oxygen atoms in total. The second kappa shape index (κ2) is 9.57. The van der Waals surface area contributed by atoms with E-state index < -0.39 is 27.9 Å². The van der Waals surface area contributed by atoms with Crippen molar-refractivity contribution in [3.8, 4) is 0 Å². The van der Waals surface area contributed by atoms with Crippen molar-refractivity contribution in [1.29, 1.82) is 0 Å². The predicted octanol–water partition coefficient (Wildman–Crippen LogP) is 3.25. The van der Waals surface area contributed by atoms with Gasteiger partial charge in [0.2, 0.25) is 15.9 Å². The fourth-order valence-electron chi connectivity index (χ4n) is 2.36. The number of halogens is 1. The van der Waals surface area contributed by atoms with E-state index in [1.807, 2.05) is 0 Å². The van der Waals surface area contributed by atoms with Crippen molar-refractivity contribution < 1.29 is 18.0 Å². The molecule has 150 valence electrons. The maximum Gasteiger partial charge on any atom is 0.253 e. The zero-order chi connectivity index (χ0) is 20.7. The second-order valence-electron chi connectivity index (χ2n) is 6.16. The third-order valence-electron chi connectivity index (χ3n) is 3.76. The van der Waals surface area contributed by atoms with Crippen LogP contribution in [0.5, 0.6) is 0 Å². The average molecular weight is 424 g/mol. The minimum Gasteiger partial charge on any atom is -0.340 e. The molecule has 2 aromatic rings. The Labute approximate surface area is 169 Å². The highest BCUT2D eigenvalue weighted by Crippen LogP contribution is 2.16. The molecule has 0 fully saturated rings. The summed E-state index contributed by atoms with van der Waals surface area (Å²) in [7, 11) is -3.37. The van der Waals surface area contributed by atoms with E-state index in [1.165, 1.54) is 0 Å². The molecule has 2 aromatic carbocycles. The van der Waals surface area contributed by atoms with Crippen LogP contribution in [0.1, 0.15) is 30.6 Å². The highest BCUT2D eigenvalue weighted by molar-refractivity contribution is 7.92. The van der Waals surface area contributed by atoms with Crippen molar-refractivity contribution in [2.75, 3.05) is 15.8 Å². The SMILES string of the molecule is CCCS(=O)(=O)Nc1ccc(NC(=O)C(C)NC(=O)c2ccccc2Cl)cc1. The van der Waals surface area contributed by atoms with Crippen LogP contribution in [0.3, 0.4) is 0 Å². The van der Waals surface area contributed by atoms with E-state index in [0.29, 0.717) is 22.8 Å². The molecular formula is C19H22ClN3O4S. The van der Waals surface area contributed by atoms with Crippen LogP contribution in [-0.2, 0) is 14.8 Å². The lowest BCUT2D eigenvalue weighted by Crippen LogP contribution is -2.41. The highest BCUT2D eigenvalue weighted by atomic mass is 35.5. The predicted molar refractivity (Wildman–Crippen MR) is 111 cm³/mol. The van der Waals surface area contributed by atoms with Crippen molar-refractivity contribution >= 4 is 44.8 Å². The van der Waals surface area contributed by atoms with Gasteiger partial charge in [0.15, 0.2) is 0 Å². The first kappa shape index (κ1) is 21.7. The van der Waals surface area contributed by atoms with E-state index >= 15 is 0 Å². The van der Waals surface area contributed by atoms with Crippen LogP contribution in [0.2, 0.25) is 5.02 Å². The Hall–Kier alpha value is -2.58. The number of carbonyl (C=O) groups excluding carboxylic acids is 2. The number of carbonyl (C=O) groups is 2. The van der Waals surface area contributed by atoms with Gasteiger partial charge in [-0.05, 0) is 49.7 Å². The van der Waals surface area contributed by atoms with E-state index in [4.69, 9.17) is 11.6 Å². The fraction of sp³-hybridized carbons (Fsp3) is 0.263. The minimum atomic E-state index is -3.37. The third kappa shape index (κ3) is 6.24. The Kier molecular flexibility index (Phi) is 7.42. The lowest BCUT2D eigenvalue weighted by Gasteiger charge is -2.15. The van der Waals surface area contributed by atoms with Crippen molar-refractivity contribution in [3.05, 3.63) is 59.1 Å². The molecule has 9 heteroatoms. The van der Waals surface area contributed by atoms with Crippen molar-refractivity contribution in [2.24, 2.45) is 0 Å². The molecule has 0 radical (unpaired) electrons. The largest absolute Gasteiger partial charge is 0.340 e. The summed E-state index contributed by atoms with van der Waals surface area (Å²) >= 11 is 5.98. The highest BCUT2D eigenvalue weighted by Gasteiger charge is 2.18. The lowest BCUT2D eigenvalue weighted by atomic mass is 10.2. The van der Waals surface area contributed by atoms with Gasteiger partial charge in [0.05, 0.1) is 16.3 Å². The van der Waals surface area contributed by atoms with Crippen LogP contribution >= 0.6 is 11.6 Å². The number of hydrogen-bond donors (Lipinski definition) is 3. The first-order valence-corrected chi connectivity index (χ1v) is 10.7. The first-order valence-electron chi connectivity index (χ1n) is 8.68. The van der Waals surface area contributed by atoms with Crippen LogP contribution in [0.15, 0.2) is 48.5 Å². The number of amides is 2. The summed E-state index contributed by atoms with van der Waals surface area (Å²) in [5, 5.41) is 5.55. The molecule has 0 saturated heterocycles. The van der Waals surface area contributed by atoms with Gasteiger partial charge in [-0.3, -0.25) is 14.3 Å². The van der Waals surface area contributed by atoms with E-state index in [0.717, 1.165) is 0 Å². The van der Waals surface area contributed by atoms with Crippen LogP contribution < -0.4 is 15.4 Å². The van der Waals surface area contributed by atoms with Gasteiger partial charge in [-0.2, -0.15) is 0 Å². The van der Waals surface area contributed by atoms with E-state index in [2.05, 4.69) is 15.4 Å². The Morgan fingerprint density at radius 1 is 1.04 bits per heavy atom. The Balaban J connectivity index is 1.95. The number of hydrogen-bond acceptors (Lipinski definition) is 4. The molecule has 0 spiro atoms. The van der Waals surface area contributed by atoms with Gasteiger partial charge in [-0.1, -0.05) is 30.7 Å². The topological polar surface area (TPSA) is 104 Å². The summed E-state index contributed by atoms with van der Waals surface area (Å²) in [5.41, 5.74) is 1.17. The van der Waals surface area contributed by atoms with Crippen LogP contribution in [-0.4, -0.2) is 32.0 Å². The molecular weight excluding hydrogens is 402 g/mol. The molecule has 1 atom stereocenters. The second-order valence-corrected chi connectivity index (χ2v) is 8.41. The van der Waals surface area contributed by atoms with Gasteiger partial charge < -0.3 is 10.6 Å². The molecule has 2 rings (SSSR count). The summed E-state index contributed by atoms with van der Waals surface area (Å²) in [6.07, 6.45) is 0.515. The molecule has 0 aromatic heterocycles.